The van der Waals surface area contributed by atoms with Crippen molar-refractivity contribution in [2.45, 2.75) is 167 Å². The summed E-state index contributed by atoms with van der Waals surface area (Å²) in [6.45, 7) is 50.4. The van der Waals surface area contributed by atoms with Gasteiger partial charge in [-0.3, -0.25) is 39.2 Å². The van der Waals surface area contributed by atoms with Gasteiger partial charge in [-0.05, 0) is 166 Å². The highest BCUT2D eigenvalue weighted by molar-refractivity contribution is 6.08. The molecule has 0 bridgehead atoms. The summed E-state index contributed by atoms with van der Waals surface area (Å²) in [6.07, 6.45) is 3.48. The lowest BCUT2D eigenvalue weighted by Crippen LogP contribution is -2.47. The average Bonchev–Trinajstić information content (AvgIpc) is 1.51. The third kappa shape index (κ3) is 16.2. The van der Waals surface area contributed by atoms with Crippen LogP contribution in [0.3, 0.4) is 0 Å². The van der Waals surface area contributed by atoms with E-state index in [1.165, 1.54) is 55.6 Å². The topological polar surface area (TPSA) is 301 Å². The molecule has 4 saturated heterocycles. The molecule has 6 heterocycles. The van der Waals surface area contributed by atoms with Crippen LogP contribution in [0.5, 0.6) is 69.0 Å². The number of oxime groups is 2. The Morgan fingerprint density at radius 1 is 0.365 bits per heavy atom. The molecular weight excluding hydrogens is 1600 g/mol. The van der Waals surface area contributed by atoms with Gasteiger partial charge in [0, 0.05) is 219 Å². The molecule has 4 fully saturated rings. The number of fused-ring (bicyclic) bond motifs is 12. The molecule has 2 unspecified atom stereocenters. The third-order valence-electron chi connectivity index (χ3n) is 29.6. The summed E-state index contributed by atoms with van der Waals surface area (Å²) in [6, 6.07) is 13.6. The number of benzene rings is 6. The van der Waals surface area contributed by atoms with E-state index >= 15 is 0 Å². The highest BCUT2D eigenvalue weighted by atomic mass is 16.6. The van der Waals surface area contributed by atoms with Crippen LogP contribution in [0.1, 0.15) is 192 Å². The van der Waals surface area contributed by atoms with Gasteiger partial charge >= 0.3 is 0 Å². The lowest BCUT2D eigenvalue weighted by Gasteiger charge is -2.39. The van der Waals surface area contributed by atoms with Crippen LogP contribution in [0.15, 0.2) is 34.6 Å². The van der Waals surface area contributed by atoms with Crippen molar-refractivity contribution in [3.8, 4) is 81.1 Å². The first-order valence-corrected chi connectivity index (χ1v) is 44.9. The molecule has 0 radical (unpaired) electrons. The van der Waals surface area contributed by atoms with Crippen LogP contribution in [0, 0.1) is 50.4 Å². The minimum Gasteiger partial charge on any atom is -0.493 e. The third-order valence-corrected chi connectivity index (χ3v) is 29.6. The van der Waals surface area contributed by atoms with Crippen molar-refractivity contribution in [2.24, 2.45) is 21.8 Å². The van der Waals surface area contributed by atoms with E-state index in [1.807, 2.05) is 27.7 Å². The van der Waals surface area contributed by atoms with Gasteiger partial charge in [0.2, 0.25) is 0 Å². The number of nitriles is 2. The number of piperazine rings is 4. The number of nitrogens with two attached hydrogens (primary N) is 2. The lowest BCUT2D eigenvalue weighted by atomic mass is 9.70. The van der Waals surface area contributed by atoms with E-state index in [1.54, 1.807) is 56.9 Å². The van der Waals surface area contributed by atoms with E-state index in [4.69, 9.17) is 68.3 Å². The Kier molecular flexibility index (Phi) is 26.4. The molecular formula is C98H134N14O14. The van der Waals surface area contributed by atoms with Crippen LogP contribution in [-0.2, 0) is 77.6 Å². The minimum atomic E-state index is -0.460. The van der Waals surface area contributed by atoms with Crippen molar-refractivity contribution >= 4 is 11.7 Å². The fraction of sp³-hybridized carbons (Fsp3) is 0.592. The van der Waals surface area contributed by atoms with Crippen molar-refractivity contribution in [1.29, 1.82) is 10.5 Å². The summed E-state index contributed by atoms with van der Waals surface area (Å²) in [7, 11) is 14.1. The van der Waals surface area contributed by atoms with Crippen LogP contribution in [-0.4, -0.2) is 275 Å². The van der Waals surface area contributed by atoms with Gasteiger partial charge in [-0.2, -0.15) is 10.5 Å². The fourth-order valence-electron chi connectivity index (χ4n) is 23.5. The molecule has 6 N–H and O–H groups in total. The molecule has 28 nitrogen and oxygen atoms in total. The Labute approximate surface area is 744 Å². The first kappa shape index (κ1) is 91.5. The monoisotopic (exact) mass is 1730 g/mol. The van der Waals surface area contributed by atoms with Gasteiger partial charge in [-0.15, -0.1) is 0 Å². The molecule has 6 aromatic carbocycles. The second-order valence-corrected chi connectivity index (χ2v) is 39.0. The van der Waals surface area contributed by atoms with Crippen molar-refractivity contribution < 1.29 is 67.3 Å². The van der Waals surface area contributed by atoms with Gasteiger partial charge in [0.25, 0.3) is 0 Å². The van der Waals surface area contributed by atoms with Crippen molar-refractivity contribution in [2.75, 3.05) is 214 Å². The molecule has 6 aliphatic heterocycles. The molecule has 6 aromatic rings. The van der Waals surface area contributed by atoms with E-state index in [2.05, 4.69) is 141 Å². The molecule has 10 aliphatic rings. The van der Waals surface area contributed by atoms with Crippen LogP contribution in [0.2, 0.25) is 0 Å². The standard InChI is InChI=1S/C49H70N8O8.C49H64N6O6/c1-29-30(2)38(46(51)53-59)44-43(37(29)45(50)52-58)64-36-24-34-40(32(42(36)65-44)26-57-17-13-55(14-18-57)20-22-61-8)49(28-48(34,5)6)27-47(3,4)33-23-35(62-9)41(63-10)31(39(33)49)25-56-15-11-54(12-16-56)19-21-60-7;1-31-32(2)34(26-51)46-45(33(31)25-50)60-40-24-38-42(36(44(40)61-46)28-55-17-13-53(14-18-55)20-22-57-8)49(30-48(38,5)6)29-47(3,4)37-23-39(58-9)43(59-10)35(41(37)49)27-54-15-11-52(12-16-54)19-21-56-7/h23-24,58-59H,11-22,25-28H2,1-10H3,(H2,50,52)(H2,51,53);23-24H,11-22,27-30H2,1-10H3. The summed E-state index contributed by atoms with van der Waals surface area (Å²) >= 11 is 0. The number of hydrogen-bond donors (Lipinski definition) is 4. The number of nitrogens with zero attached hydrogens (tertiary/aromatic N) is 12. The zero-order valence-corrected chi connectivity index (χ0v) is 78.3. The number of ether oxygens (including phenoxy) is 12. The highest BCUT2D eigenvalue weighted by Crippen LogP contribution is 2.71. The zero-order valence-electron chi connectivity index (χ0n) is 78.3. The Hall–Kier alpha value is -9.24. The van der Waals surface area contributed by atoms with Crippen LogP contribution in [0.4, 0.5) is 0 Å². The van der Waals surface area contributed by atoms with Crippen molar-refractivity contribution in [1.82, 2.24) is 39.2 Å². The Morgan fingerprint density at radius 2 is 0.627 bits per heavy atom. The predicted molar refractivity (Wildman–Crippen MR) is 485 cm³/mol. The van der Waals surface area contributed by atoms with Crippen LogP contribution in [0.25, 0.3) is 0 Å². The maximum atomic E-state index is 10.6. The molecule has 0 saturated carbocycles. The van der Waals surface area contributed by atoms with E-state index in [9.17, 15) is 20.9 Å². The van der Waals surface area contributed by atoms with Gasteiger partial charge in [-0.25, -0.2) is 0 Å². The number of methoxy groups -OCH3 is 8. The summed E-state index contributed by atoms with van der Waals surface area (Å²) in [5.74, 6) is 6.34. The van der Waals surface area contributed by atoms with Crippen LogP contribution >= 0.6 is 0 Å². The molecule has 0 aromatic heterocycles. The lowest BCUT2D eigenvalue weighted by molar-refractivity contribution is 0.0928. The smallest absolute Gasteiger partial charge is 0.189 e. The molecule has 28 heteroatoms. The summed E-state index contributed by atoms with van der Waals surface area (Å²) < 4.78 is 75.1. The first-order chi connectivity index (χ1) is 60.3. The second kappa shape index (κ2) is 36.4. The van der Waals surface area contributed by atoms with Crippen LogP contribution < -0.4 is 49.4 Å². The Bertz CT molecular complexity index is 5290. The largest absolute Gasteiger partial charge is 0.493 e. The summed E-state index contributed by atoms with van der Waals surface area (Å²) in [5, 5.41) is 48.0. The highest BCUT2D eigenvalue weighted by Gasteiger charge is 2.62. The van der Waals surface area contributed by atoms with E-state index in [0.29, 0.717) is 101 Å². The molecule has 0 amide bonds. The Balaban J connectivity index is 0.000000195. The van der Waals surface area contributed by atoms with Gasteiger partial charge in [0.1, 0.15) is 23.3 Å². The van der Waals surface area contributed by atoms with Gasteiger partial charge < -0.3 is 78.7 Å². The van der Waals surface area contributed by atoms with E-state index < -0.39 is 10.8 Å². The predicted octanol–water partition coefficient (Wildman–Crippen LogP) is 12.7. The number of amidine groups is 2. The molecule has 2 spiro atoms. The quantitative estimate of drug-likeness (QED) is 0.0169. The fourth-order valence-corrected chi connectivity index (χ4v) is 23.5. The summed E-state index contributed by atoms with van der Waals surface area (Å²) in [5.41, 5.74) is 30.1. The van der Waals surface area contributed by atoms with E-state index in [-0.39, 0.29) is 44.8 Å². The van der Waals surface area contributed by atoms with Gasteiger partial charge in [0.05, 0.1) is 66.0 Å². The second-order valence-electron chi connectivity index (χ2n) is 39.0. The normalized spacial score (nSPS) is 21.9. The molecule has 16 rings (SSSR count). The van der Waals surface area contributed by atoms with Crippen molar-refractivity contribution in [3.05, 3.63) is 136 Å². The number of hydrogen-bond acceptors (Lipinski definition) is 26. The van der Waals surface area contributed by atoms with Crippen molar-refractivity contribution in [3.63, 3.8) is 0 Å². The van der Waals surface area contributed by atoms with Gasteiger partial charge in [-0.1, -0.05) is 65.7 Å². The van der Waals surface area contributed by atoms with Gasteiger partial charge in [0.15, 0.2) is 80.7 Å². The zero-order chi connectivity index (χ0) is 90.0. The molecule has 2 atom stereocenters. The summed E-state index contributed by atoms with van der Waals surface area (Å²) in [4.78, 5) is 20.1. The maximum Gasteiger partial charge on any atom is 0.189 e. The Morgan fingerprint density at radius 3 is 0.913 bits per heavy atom. The minimum absolute atomic E-state index is 0.134. The molecule has 126 heavy (non-hydrogen) atoms. The molecule has 680 valence electrons. The average molecular weight is 1730 g/mol. The van der Waals surface area contributed by atoms with E-state index in [0.717, 1.165) is 222 Å². The maximum absolute atomic E-state index is 10.6. The molecule has 4 aliphatic carbocycles. The SMILES string of the molecule is COCCN1CCN(Cc2c(OC)c(OC)cc3c2C2(CC3(C)C)CC(C)(C)c3cc4c(c(CN5CCN(CCOC)CC5)c32)Oc2c(C#N)c(C)c(C)c(C#N)c2O4)CC1.COCCN1CCN(Cc2c(OC)c(OC)cc3c2C2(CC3(C)C)CC(C)(C)c3cc4c(c(CN5CCN(CCOC)CC5)c32)Oc2c(c(/C(N)=N/O)c(C)c(C)c2/C(N)=N/O)O4)CC1. The number of rotatable bonds is 26. The first-order valence-electron chi connectivity index (χ1n) is 44.9.